The highest BCUT2D eigenvalue weighted by Gasteiger charge is 2.34. The number of rotatable bonds is 4. The number of aryl methyl sites for hydroxylation is 1. The molecule has 1 unspecified atom stereocenters. The topological polar surface area (TPSA) is 73.1 Å². The highest BCUT2D eigenvalue weighted by Crippen LogP contribution is 2.30. The molecule has 1 aliphatic heterocycles. The van der Waals surface area contributed by atoms with Crippen molar-refractivity contribution in [1.82, 2.24) is 20.2 Å². The SMILES string of the molecule is Cc1ccc(N2CC(c3nnn(-c4ccc(OC(F)(F)F)cc4)n3)CC2=O)cc1. The quantitative estimate of drug-likeness (QED) is 0.668. The zero-order chi connectivity index (χ0) is 20.6. The maximum absolute atomic E-state index is 12.4. The normalized spacial score (nSPS) is 17.0. The predicted molar refractivity (Wildman–Crippen MR) is 96.7 cm³/mol. The standard InChI is InChI=1S/C19H16F3N5O2/c1-12-2-4-14(5-3-12)26-11-13(10-17(26)28)18-23-25-27(24-18)15-6-8-16(9-7-15)29-19(20,21)22/h2-9,13H,10-11H2,1H3. The van der Waals surface area contributed by atoms with E-state index in [0.29, 0.717) is 18.1 Å². The Morgan fingerprint density at radius 2 is 1.69 bits per heavy atom. The third-order valence-corrected chi connectivity index (χ3v) is 4.57. The van der Waals surface area contributed by atoms with Gasteiger partial charge in [-0.3, -0.25) is 4.79 Å². The Kier molecular flexibility index (Phi) is 4.69. The summed E-state index contributed by atoms with van der Waals surface area (Å²) in [5, 5.41) is 12.3. The number of amides is 1. The fourth-order valence-corrected chi connectivity index (χ4v) is 3.13. The van der Waals surface area contributed by atoms with Crippen LogP contribution in [0.25, 0.3) is 5.69 Å². The lowest BCUT2D eigenvalue weighted by Gasteiger charge is -2.16. The molecule has 150 valence electrons. The van der Waals surface area contributed by atoms with E-state index in [1.165, 1.54) is 29.1 Å². The Morgan fingerprint density at radius 1 is 1.03 bits per heavy atom. The lowest BCUT2D eigenvalue weighted by atomic mass is 10.1. The molecule has 3 aromatic rings. The molecule has 1 aromatic heterocycles. The number of hydrogen-bond donors (Lipinski definition) is 0. The average Bonchev–Trinajstić information content (AvgIpc) is 3.29. The van der Waals surface area contributed by atoms with Crippen LogP contribution in [-0.2, 0) is 4.79 Å². The van der Waals surface area contributed by atoms with Crippen LogP contribution < -0.4 is 9.64 Å². The van der Waals surface area contributed by atoms with Gasteiger partial charge in [0.25, 0.3) is 0 Å². The summed E-state index contributed by atoms with van der Waals surface area (Å²) < 4.78 is 40.6. The second kappa shape index (κ2) is 7.19. The molecular weight excluding hydrogens is 387 g/mol. The van der Waals surface area contributed by atoms with Gasteiger partial charge in [-0.15, -0.1) is 28.2 Å². The van der Waals surface area contributed by atoms with Gasteiger partial charge in [0.1, 0.15) is 5.75 Å². The van der Waals surface area contributed by atoms with Gasteiger partial charge in [-0.05, 0) is 48.5 Å². The Labute approximate surface area is 163 Å². The van der Waals surface area contributed by atoms with Crippen molar-refractivity contribution >= 4 is 11.6 Å². The van der Waals surface area contributed by atoms with Crippen LogP contribution in [0.3, 0.4) is 0 Å². The minimum absolute atomic E-state index is 0.0242. The Bertz CT molecular complexity index is 1020. The number of alkyl halides is 3. The van der Waals surface area contributed by atoms with Crippen molar-refractivity contribution in [1.29, 1.82) is 0 Å². The van der Waals surface area contributed by atoms with Crippen molar-refractivity contribution < 1.29 is 22.7 Å². The first-order valence-corrected chi connectivity index (χ1v) is 8.82. The van der Waals surface area contributed by atoms with Crippen LogP contribution in [0.4, 0.5) is 18.9 Å². The maximum atomic E-state index is 12.4. The monoisotopic (exact) mass is 403 g/mol. The summed E-state index contributed by atoms with van der Waals surface area (Å²) in [7, 11) is 0. The summed E-state index contributed by atoms with van der Waals surface area (Å²) >= 11 is 0. The van der Waals surface area contributed by atoms with Crippen molar-refractivity contribution in [2.75, 3.05) is 11.4 Å². The van der Waals surface area contributed by atoms with Gasteiger partial charge in [0.2, 0.25) is 5.91 Å². The fraction of sp³-hybridized carbons (Fsp3) is 0.263. The molecule has 0 radical (unpaired) electrons. The summed E-state index contributed by atoms with van der Waals surface area (Å²) in [4.78, 5) is 15.3. The van der Waals surface area contributed by atoms with Gasteiger partial charge in [-0.25, -0.2) is 0 Å². The van der Waals surface area contributed by atoms with Crippen molar-refractivity contribution in [3.05, 3.63) is 59.9 Å². The van der Waals surface area contributed by atoms with Crippen molar-refractivity contribution in [2.24, 2.45) is 0 Å². The van der Waals surface area contributed by atoms with Crippen LogP contribution in [0, 0.1) is 6.92 Å². The summed E-state index contributed by atoms with van der Waals surface area (Å²) in [5.74, 6) is -0.172. The van der Waals surface area contributed by atoms with Gasteiger partial charge in [0.15, 0.2) is 5.82 Å². The first-order chi connectivity index (χ1) is 13.8. The molecule has 1 saturated heterocycles. The Morgan fingerprint density at radius 3 is 2.34 bits per heavy atom. The van der Waals surface area contributed by atoms with Gasteiger partial charge in [-0.1, -0.05) is 17.7 Å². The number of tetrazole rings is 1. The van der Waals surface area contributed by atoms with Gasteiger partial charge in [0, 0.05) is 24.6 Å². The molecule has 0 N–H and O–H groups in total. The molecule has 4 rings (SSSR count). The van der Waals surface area contributed by atoms with Crippen molar-refractivity contribution in [3.8, 4) is 11.4 Å². The molecule has 0 bridgehead atoms. The molecule has 7 nitrogen and oxygen atoms in total. The molecule has 2 aromatic carbocycles. The third-order valence-electron chi connectivity index (χ3n) is 4.57. The number of aromatic nitrogens is 4. The minimum atomic E-state index is -4.75. The van der Waals surface area contributed by atoms with E-state index in [0.717, 1.165) is 11.3 Å². The molecule has 1 fully saturated rings. The number of carbonyl (C=O) groups excluding carboxylic acids is 1. The number of ether oxygens (including phenoxy) is 1. The summed E-state index contributed by atoms with van der Waals surface area (Å²) in [6, 6.07) is 12.8. The Hall–Kier alpha value is -3.43. The average molecular weight is 403 g/mol. The smallest absolute Gasteiger partial charge is 0.406 e. The largest absolute Gasteiger partial charge is 0.573 e. The molecule has 1 atom stereocenters. The number of carbonyl (C=O) groups is 1. The van der Waals surface area contributed by atoms with Gasteiger partial charge in [-0.2, -0.15) is 0 Å². The van der Waals surface area contributed by atoms with Gasteiger partial charge in [0.05, 0.1) is 5.69 Å². The van der Waals surface area contributed by atoms with E-state index in [9.17, 15) is 18.0 Å². The fourth-order valence-electron chi connectivity index (χ4n) is 3.13. The number of halogens is 3. The predicted octanol–water partition coefficient (Wildman–Crippen LogP) is 3.39. The third kappa shape index (κ3) is 4.20. The van der Waals surface area contributed by atoms with E-state index < -0.39 is 6.36 Å². The van der Waals surface area contributed by atoms with Crippen LogP contribution in [0.2, 0.25) is 0 Å². The lowest BCUT2D eigenvalue weighted by Crippen LogP contribution is -2.24. The van der Waals surface area contributed by atoms with E-state index >= 15 is 0 Å². The summed E-state index contributed by atoms with van der Waals surface area (Å²) in [6.45, 7) is 2.41. The second-order valence-corrected chi connectivity index (χ2v) is 6.72. The van der Waals surface area contributed by atoms with Gasteiger partial charge >= 0.3 is 6.36 Å². The zero-order valence-electron chi connectivity index (χ0n) is 15.3. The molecule has 0 aliphatic carbocycles. The molecule has 0 spiro atoms. The Balaban J connectivity index is 1.48. The van der Waals surface area contributed by atoms with Gasteiger partial charge < -0.3 is 9.64 Å². The minimum Gasteiger partial charge on any atom is -0.406 e. The van der Waals surface area contributed by atoms with Crippen LogP contribution in [0.1, 0.15) is 23.7 Å². The van der Waals surface area contributed by atoms with Crippen LogP contribution in [0.5, 0.6) is 5.75 Å². The molecule has 1 amide bonds. The van der Waals surface area contributed by atoms with E-state index in [4.69, 9.17) is 0 Å². The maximum Gasteiger partial charge on any atom is 0.573 e. The lowest BCUT2D eigenvalue weighted by molar-refractivity contribution is -0.274. The van der Waals surface area contributed by atoms with Crippen LogP contribution in [-0.4, -0.2) is 39.0 Å². The molecular formula is C19H16F3N5O2. The van der Waals surface area contributed by atoms with Crippen molar-refractivity contribution in [2.45, 2.75) is 25.6 Å². The molecule has 2 heterocycles. The number of anilines is 1. The van der Waals surface area contributed by atoms with E-state index in [1.54, 1.807) is 4.90 Å². The number of benzene rings is 2. The highest BCUT2D eigenvalue weighted by molar-refractivity contribution is 5.96. The zero-order valence-corrected chi connectivity index (χ0v) is 15.3. The number of hydrogen-bond acceptors (Lipinski definition) is 5. The summed E-state index contributed by atoms with van der Waals surface area (Å²) in [5.41, 5.74) is 2.35. The van der Waals surface area contributed by atoms with E-state index in [2.05, 4.69) is 20.1 Å². The van der Waals surface area contributed by atoms with Crippen LogP contribution >= 0.6 is 0 Å². The summed E-state index contributed by atoms with van der Waals surface area (Å²) in [6.07, 6.45) is -4.49. The molecule has 1 aliphatic rings. The van der Waals surface area contributed by atoms with E-state index in [-0.39, 0.29) is 24.0 Å². The number of nitrogens with zero attached hydrogens (tertiary/aromatic N) is 5. The molecule has 29 heavy (non-hydrogen) atoms. The van der Waals surface area contributed by atoms with Crippen LogP contribution in [0.15, 0.2) is 48.5 Å². The van der Waals surface area contributed by atoms with E-state index in [1.807, 2.05) is 31.2 Å². The highest BCUT2D eigenvalue weighted by atomic mass is 19.4. The van der Waals surface area contributed by atoms with Crippen molar-refractivity contribution in [3.63, 3.8) is 0 Å². The molecule has 10 heteroatoms. The molecule has 0 saturated carbocycles. The first kappa shape index (κ1) is 18.9. The second-order valence-electron chi connectivity index (χ2n) is 6.72. The first-order valence-electron chi connectivity index (χ1n) is 8.82.